The molecule has 0 saturated carbocycles. The summed E-state index contributed by atoms with van der Waals surface area (Å²) in [5, 5.41) is 24.9. The van der Waals surface area contributed by atoms with Crippen LogP contribution in [0.4, 0.5) is 4.79 Å². The van der Waals surface area contributed by atoms with Crippen molar-refractivity contribution in [1.82, 2.24) is 10.6 Å². The molecule has 0 unspecified atom stereocenters. The van der Waals surface area contributed by atoms with E-state index in [9.17, 15) is 24.6 Å². The summed E-state index contributed by atoms with van der Waals surface area (Å²) in [6.07, 6.45) is -2.45. The van der Waals surface area contributed by atoms with Crippen LogP contribution in [-0.4, -0.2) is 46.9 Å². The molecule has 4 rings (SSSR count). The molecular weight excluding hydrogens is 576 g/mol. The number of ether oxygens (including phenoxy) is 3. The molecule has 2 atom stereocenters. The number of nitrogens with one attached hydrogen (secondary N) is 2. The standard InChI is InChI=1S/C35H36N2O8/c38-29(21-36-35(42)45-24-27-14-8-3-9-15-27)20-33(39)37-30(34(40)41)18-28-16-17-31(43-22-25-10-4-1-5-11-25)32(19-28)44-23-26-12-6-2-7-13-26/h1-17,19,29-30,38H,18,20-24H2,(H,36,42)(H,37,39)(H,40,41)/t29-,30+/m0/s1. The summed E-state index contributed by atoms with van der Waals surface area (Å²) in [6.45, 7) is 0.405. The fourth-order valence-electron chi connectivity index (χ4n) is 4.33. The molecule has 0 aliphatic heterocycles. The minimum atomic E-state index is -1.27. The number of aliphatic hydroxyl groups excluding tert-OH is 1. The Kier molecular flexibility index (Phi) is 12.4. The van der Waals surface area contributed by atoms with Crippen molar-refractivity contribution < 1.29 is 38.8 Å². The average Bonchev–Trinajstić information content (AvgIpc) is 3.06. The lowest BCUT2D eigenvalue weighted by Gasteiger charge is -2.18. The second kappa shape index (κ2) is 17.1. The quantitative estimate of drug-likeness (QED) is 0.143. The van der Waals surface area contributed by atoms with Crippen LogP contribution >= 0.6 is 0 Å². The van der Waals surface area contributed by atoms with E-state index >= 15 is 0 Å². The number of carboxylic acid groups (broad SMARTS) is 1. The topological polar surface area (TPSA) is 143 Å². The Labute approximate surface area is 261 Å². The van der Waals surface area contributed by atoms with Gasteiger partial charge in [0, 0.05) is 13.0 Å². The van der Waals surface area contributed by atoms with Gasteiger partial charge in [0.15, 0.2) is 11.5 Å². The van der Waals surface area contributed by atoms with Crippen molar-refractivity contribution >= 4 is 18.0 Å². The summed E-state index contributed by atoms with van der Waals surface area (Å²) in [6, 6.07) is 32.2. The van der Waals surface area contributed by atoms with Crippen LogP contribution in [0.3, 0.4) is 0 Å². The second-order valence-corrected chi connectivity index (χ2v) is 10.3. The normalized spacial score (nSPS) is 11.9. The number of alkyl carbamates (subject to hydrolysis) is 1. The van der Waals surface area contributed by atoms with Gasteiger partial charge >= 0.3 is 12.1 Å². The smallest absolute Gasteiger partial charge is 0.407 e. The first kappa shape index (κ1) is 32.6. The van der Waals surface area contributed by atoms with E-state index in [1.54, 1.807) is 30.3 Å². The molecule has 10 nitrogen and oxygen atoms in total. The Morgan fingerprint density at radius 1 is 0.667 bits per heavy atom. The van der Waals surface area contributed by atoms with Gasteiger partial charge in [-0.1, -0.05) is 97.1 Å². The SMILES string of the molecule is O=C(C[C@H](O)CNC(=O)OCc1ccccc1)N[C@H](Cc1ccc(OCc2ccccc2)c(OCc2ccccc2)c1)C(=O)O. The van der Waals surface area contributed by atoms with Crippen LogP contribution in [0.2, 0.25) is 0 Å². The van der Waals surface area contributed by atoms with E-state index in [0.717, 1.165) is 16.7 Å². The lowest BCUT2D eigenvalue weighted by Crippen LogP contribution is -2.44. The zero-order valence-electron chi connectivity index (χ0n) is 24.6. The Morgan fingerprint density at radius 3 is 1.76 bits per heavy atom. The zero-order chi connectivity index (χ0) is 31.9. The van der Waals surface area contributed by atoms with Crippen LogP contribution in [-0.2, 0) is 40.6 Å². The van der Waals surface area contributed by atoms with Gasteiger partial charge in [0.25, 0.3) is 0 Å². The molecule has 0 aromatic heterocycles. The molecule has 0 aliphatic rings. The predicted octanol–water partition coefficient (Wildman–Crippen LogP) is 4.63. The fourth-order valence-corrected chi connectivity index (χ4v) is 4.33. The molecule has 0 bridgehead atoms. The number of carbonyl (C=O) groups excluding carboxylic acids is 2. The van der Waals surface area contributed by atoms with Crippen molar-refractivity contribution in [3.05, 3.63) is 131 Å². The van der Waals surface area contributed by atoms with Gasteiger partial charge in [0.2, 0.25) is 5.91 Å². The van der Waals surface area contributed by atoms with Gasteiger partial charge in [-0.2, -0.15) is 0 Å². The number of hydrogen-bond donors (Lipinski definition) is 4. The molecule has 0 spiro atoms. The fraction of sp³-hybridized carbons (Fsp3) is 0.229. The van der Waals surface area contributed by atoms with E-state index in [2.05, 4.69) is 10.6 Å². The molecule has 0 heterocycles. The number of carbonyl (C=O) groups is 3. The first-order valence-electron chi connectivity index (χ1n) is 14.5. The molecule has 0 aliphatic carbocycles. The predicted molar refractivity (Wildman–Crippen MR) is 167 cm³/mol. The van der Waals surface area contributed by atoms with Gasteiger partial charge in [0.05, 0.1) is 12.5 Å². The van der Waals surface area contributed by atoms with Crippen molar-refractivity contribution in [2.75, 3.05) is 6.54 Å². The van der Waals surface area contributed by atoms with Gasteiger partial charge in [0.1, 0.15) is 25.9 Å². The molecule has 45 heavy (non-hydrogen) atoms. The summed E-state index contributed by atoms with van der Waals surface area (Å²) in [4.78, 5) is 36.6. The summed E-state index contributed by atoms with van der Waals surface area (Å²) in [5.41, 5.74) is 3.33. The van der Waals surface area contributed by atoms with E-state index in [-0.39, 0.29) is 26.2 Å². The molecule has 10 heteroatoms. The molecule has 0 radical (unpaired) electrons. The van der Waals surface area contributed by atoms with Crippen molar-refractivity contribution in [3.63, 3.8) is 0 Å². The maximum Gasteiger partial charge on any atom is 0.407 e. The number of amides is 2. The Bertz CT molecular complexity index is 1520. The number of benzene rings is 4. The van der Waals surface area contributed by atoms with E-state index in [1.165, 1.54) is 0 Å². The monoisotopic (exact) mass is 612 g/mol. The lowest BCUT2D eigenvalue weighted by atomic mass is 10.0. The highest BCUT2D eigenvalue weighted by Gasteiger charge is 2.23. The highest BCUT2D eigenvalue weighted by atomic mass is 16.5. The van der Waals surface area contributed by atoms with Gasteiger partial charge in [-0.25, -0.2) is 9.59 Å². The van der Waals surface area contributed by atoms with Gasteiger partial charge < -0.3 is 35.1 Å². The van der Waals surface area contributed by atoms with Crippen molar-refractivity contribution in [3.8, 4) is 11.5 Å². The average molecular weight is 613 g/mol. The molecule has 4 N–H and O–H groups in total. The number of aliphatic carboxylic acids is 1. The minimum absolute atomic E-state index is 0.0398. The van der Waals surface area contributed by atoms with Crippen LogP contribution in [0.15, 0.2) is 109 Å². The Hall–Kier alpha value is -5.35. The van der Waals surface area contributed by atoms with Crippen LogP contribution in [0.25, 0.3) is 0 Å². The number of aliphatic hydroxyl groups is 1. The number of hydrogen-bond acceptors (Lipinski definition) is 7. The number of rotatable bonds is 16. The summed E-state index contributed by atoms with van der Waals surface area (Å²) in [7, 11) is 0. The number of carboxylic acids is 1. The largest absolute Gasteiger partial charge is 0.485 e. The second-order valence-electron chi connectivity index (χ2n) is 10.3. The third-order valence-electron chi connectivity index (χ3n) is 6.67. The summed E-state index contributed by atoms with van der Waals surface area (Å²) in [5.74, 6) is -0.995. The van der Waals surface area contributed by atoms with Crippen LogP contribution in [0.5, 0.6) is 11.5 Å². The first-order chi connectivity index (χ1) is 21.9. The van der Waals surface area contributed by atoms with Crippen LogP contribution in [0.1, 0.15) is 28.7 Å². The van der Waals surface area contributed by atoms with Crippen molar-refractivity contribution in [2.24, 2.45) is 0 Å². The minimum Gasteiger partial charge on any atom is -0.485 e. The van der Waals surface area contributed by atoms with Crippen LogP contribution < -0.4 is 20.1 Å². The zero-order valence-corrected chi connectivity index (χ0v) is 24.6. The third-order valence-corrected chi connectivity index (χ3v) is 6.67. The van der Waals surface area contributed by atoms with Crippen LogP contribution in [0, 0.1) is 0 Å². The molecule has 0 fully saturated rings. The highest BCUT2D eigenvalue weighted by Crippen LogP contribution is 2.30. The van der Waals surface area contributed by atoms with E-state index < -0.39 is 36.5 Å². The molecule has 0 saturated heterocycles. The Morgan fingerprint density at radius 2 is 1.20 bits per heavy atom. The third kappa shape index (κ3) is 11.3. The van der Waals surface area contributed by atoms with Gasteiger partial charge in [-0.15, -0.1) is 0 Å². The summed E-state index contributed by atoms with van der Waals surface area (Å²) < 4.78 is 17.2. The van der Waals surface area contributed by atoms with E-state index in [4.69, 9.17) is 14.2 Å². The van der Waals surface area contributed by atoms with E-state index in [0.29, 0.717) is 23.7 Å². The molecule has 2 amide bonds. The molecule has 234 valence electrons. The molecule has 4 aromatic rings. The molecular formula is C35H36N2O8. The van der Waals surface area contributed by atoms with Gasteiger partial charge in [-0.05, 0) is 34.4 Å². The molecule has 4 aromatic carbocycles. The van der Waals surface area contributed by atoms with Gasteiger partial charge in [-0.3, -0.25) is 4.79 Å². The van der Waals surface area contributed by atoms with Crippen molar-refractivity contribution in [2.45, 2.75) is 44.8 Å². The first-order valence-corrected chi connectivity index (χ1v) is 14.5. The maximum absolute atomic E-state index is 12.6. The maximum atomic E-state index is 12.6. The summed E-state index contributed by atoms with van der Waals surface area (Å²) >= 11 is 0. The van der Waals surface area contributed by atoms with Crippen molar-refractivity contribution in [1.29, 1.82) is 0 Å². The Balaban J connectivity index is 1.32. The van der Waals surface area contributed by atoms with E-state index in [1.807, 2.05) is 78.9 Å². The lowest BCUT2D eigenvalue weighted by molar-refractivity contribution is -0.142. The highest BCUT2D eigenvalue weighted by molar-refractivity contribution is 5.84.